The summed E-state index contributed by atoms with van der Waals surface area (Å²) in [6.45, 7) is 6.07. The highest BCUT2D eigenvalue weighted by Gasteiger charge is 2.09. The first-order chi connectivity index (χ1) is 9.66. The number of hydrogen-bond donors (Lipinski definition) is 1. The normalized spacial score (nSPS) is 10.2. The third kappa shape index (κ3) is 2.39. The Morgan fingerprint density at radius 1 is 1.05 bits per heavy atom. The minimum atomic E-state index is 0.00543. The summed E-state index contributed by atoms with van der Waals surface area (Å²) in [5.74, 6) is 0. The molecule has 3 rings (SSSR count). The van der Waals surface area contributed by atoms with Gasteiger partial charge in [-0.15, -0.1) is 0 Å². The van der Waals surface area contributed by atoms with E-state index >= 15 is 0 Å². The van der Waals surface area contributed by atoms with Crippen LogP contribution in [0.4, 0.5) is 0 Å². The van der Waals surface area contributed by atoms with E-state index in [4.69, 9.17) is 0 Å². The standard InChI is InChI=1S/C15H14N2O.C2H6/c1-10-3-5-11(6-4-10)13-9-17(2)15(18)14-12(13)7-8-16-14;1-2/h3-9,16H,1-2H3;1-2H3. The number of benzene rings is 1. The van der Waals surface area contributed by atoms with Gasteiger partial charge in [0.15, 0.2) is 0 Å². The highest BCUT2D eigenvalue weighted by atomic mass is 16.1. The molecule has 2 aromatic heterocycles. The summed E-state index contributed by atoms with van der Waals surface area (Å²) in [6.07, 6.45) is 3.70. The van der Waals surface area contributed by atoms with Crippen molar-refractivity contribution in [1.82, 2.24) is 9.55 Å². The van der Waals surface area contributed by atoms with E-state index < -0.39 is 0 Å². The molecule has 0 saturated heterocycles. The van der Waals surface area contributed by atoms with Crippen molar-refractivity contribution in [3.63, 3.8) is 0 Å². The molecule has 0 spiro atoms. The van der Waals surface area contributed by atoms with Crippen LogP contribution in [0, 0.1) is 6.92 Å². The number of nitrogens with one attached hydrogen (secondary N) is 1. The van der Waals surface area contributed by atoms with E-state index in [1.54, 1.807) is 11.6 Å². The Bertz CT molecular complexity index is 764. The molecule has 2 heterocycles. The Morgan fingerprint density at radius 3 is 2.35 bits per heavy atom. The Balaban J connectivity index is 0.000000704. The van der Waals surface area contributed by atoms with E-state index in [2.05, 4.69) is 36.2 Å². The van der Waals surface area contributed by atoms with Crippen molar-refractivity contribution in [3.8, 4) is 11.1 Å². The second kappa shape index (κ2) is 5.78. The average molecular weight is 268 g/mol. The molecule has 3 heteroatoms. The van der Waals surface area contributed by atoms with E-state index in [1.165, 1.54) is 5.56 Å². The van der Waals surface area contributed by atoms with Crippen LogP contribution in [0.5, 0.6) is 0 Å². The van der Waals surface area contributed by atoms with Crippen LogP contribution in [0.1, 0.15) is 19.4 Å². The zero-order valence-electron chi connectivity index (χ0n) is 12.4. The molecule has 0 radical (unpaired) electrons. The zero-order valence-corrected chi connectivity index (χ0v) is 12.4. The quantitative estimate of drug-likeness (QED) is 0.715. The second-order valence-electron chi connectivity index (χ2n) is 4.59. The number of aromatic nitrogens is 2. The molecule has 0 aliphatic carbocycles. The molecular weight excluding hydrogens is 248 g/mol. The fourth-order valence-corrected chi connectivity index (χ4v) is 2.23. The van der Waals surface area contributed by atoms with Gasteiger partial charge in [0, 0.05) is 30.4 Å². The molecule has 1 N–H and O–H groups in total. The Hall–Kier alpha value is -2.29. The molecule has 3 nitrogen and oxygen atoms in total. The molecule has 0 fully saturated rings. The molecule has 104 valence electrons. The molecule has 20 heavy (non-hydrogen) atoms. The van der Waals surface area contributed by atoms with Gasteiger partial charge in [-0.05, 0) is 18.6 Å². The molecule has 0 atom stereocenters. The van der Waals surface area contributed by atoms with E-state index in [0.29, 0.717) is 5.52 Å². The highest BCUT2D eigenvalue weighted by Crippen LogP contribution is 2.26. The lowest BCUT2D eigenvalue weighted by Crippen LogP contribution is -2.16. The van der Waals surface area contributed by atoms with Gasteiger partial charge in [0.05, 0.1) is 0 Å². The molecule has 0 saturated carbocycles. The van der Waals surface area contributed by atoms with Crippen molar-refractivity contribution in [2.75, 3.05) is 0 Å². The van der Waals surface area contributed by atoms with Crippen molar-refractivity contribution in [3.05, 3.63) is 58.6 Å². The number of rotatable bonds is 1. The summed E-state index contributed by atoms with van der Waals surface area (Å²) in [7, 11) is 1.78. The fourth-order valence-electron chi connectivity index (χ4n) is 2.23. The van der Waals surface area contributed by atoms with Gasteiger partial charge in [0.2, 0.25) is 0 Å². The molecule has 0 amide bonds. The van der Waals surface area contributed by atoms with Gasteiger partial charge in [-0.2, -0.15) is 0 Å². The SMILES string of the molecule is CC.Cc1ccc(-c2cn(C)c(=O)c3[nH]ccc23)cc1. The lowest BCUT2D eigenvalue weighted by molar-refractivity contribution is 0.872. The van der Waals surface area contributed by atoms with Crippen molar-refractivity contribution in [2.24, 2.45) is 7.05 Å². The molecule has 1 aromatic carbocycles. The molecule has 0 aliphatic heterocycles. The van der Waals surface area contributed by atoms with Crippen LogP contribution in [0.25, 0.3) is 22.0 Å². The maximum atomic E-state index is 12.0. The van der Waals surface area contributed by atoms with Crippen LogP contribution in [-0.4, -0.2) is 9.55 Å². The molecule has 3 aromatic rings. The number of aryl methyl sites for hydroxylation is 2. The maximum Gasteiger partial charge on any atom is 0.274 e. The van der Waals surface area contributed by atoms with Crippen molar-refractivity contribution < 1.29 is 0 Å². The summed E-state index contributed by atoms with van der Waals surface area (Å²) in [4.78, 5) is 15.0. The first kappa shape index (κ1) is 14.1. The van der Waals surface area contributed by atoms with Gasteiger partial charge in [-0.3, -0.25) is 4.79 Å². The Labute approximate surface area is 118 Å². The topological polar surface area (TPSA) is 37.8 Å². The minimum absolute atomic E-state index is 0.00543. The first-order valence-electron chi connectivity index (χ1n) is 6.90. The van der Waals surface area contributed by atoms with E-state index in [9.17, 15) is 4.79 Å². The van der Waals surface area contributed by atoms with Crippen LogP contribution >= 0.6 is 0 Å². The van der Waals surface area contributed by atoms with Crippen molar-refractivity contribution in [2.45, 2.75) is 20.8 Å². The number of pyridine rings is 1. The summed E-state index contributed by atoms with van der Waals surface area (Å²) >= 11 is 0. The Morgan fingerprint density at radius 2 is 1.70 bits per heavy atom. The van der Waals surface area contributed by atoms with Crippen molar-refractivity contribution in [1.29, 1.82) is 0 Å². The molecular formula is C17H20N2O. The summed E-state index contributed by atoms with van der Waals surface area (Å²) < 4.78 is 1.62. The predicted octanol–water partition coefficient (Wildman–Crippen LogP) is 3.87. The van der Waals surface area contributed by atoms with Crippen LogP contribution in [-0.2, 0) is 7.05 Å². The minimum Gasteiger partial charge on any atom is -0.357 e. The van der Waals surface area contributed by atoms with E-state index in [-0.39, 0.29) is 5.56 Å². The molecule has 0 bridgehead atoms. The fraction of sp³-hybridized carbons (Fsp3) is 0.235. The van der Waals surface area contributed by atoms with Crippen LogP contribution < -0.4 is 5.56 Å². The number of nitrogens with zero attached hydrogens (tertiary/aromatic N) is 1. The number of H-pyrrole nitrogens is 1. The van der Waals surface area contributed by atoms with E-state index in [0.717, 1.165) is 16.5 Å². The third-order valence-corrected chi connectivity index (χ3v) is 3.26. The van der Waals surface area contributed by atoms with Gasteiger partial charge >= 0.3 is 0 Å². The lowest BCUT2D eigenvalue weighted by atomic mass is 10.0. The van der Waals surface area contributed by atoms with Crippen LogP contribution in [0.15, 0.2) is 47.5 Å². The highest BCUT2D eigenvalue weighted by molar-refractivity contribution is 5.94. The lowest BCUT2D eigenvalue weighted by Gasteiger charge is -2.07. The number of aromatic amines is 1. The van der Waals surface area contributed by atoms with E-state index in [1.807, 2.05) is 32.3 Å². The predicted molar refractivity (Wildman–Crippen MR) is 85.1 cm³/mol. The number of hydrogen-bond acceptors (Lipinski definition) is 1. The smallest absolute Gasteiger partial charge is 0.274 e. The van der Waals surface area contributed by atoms with Gasteiger partial charge in [-0.25, -0.2) is 0 Å². The molecule has 0 unspecified atom stereocenters. The third-order valence-electron chi connectivity index (χ3n) is 3.26. The second-order valence-corrected chi connectivity index (χ2v) is 4.59. The van der Waals surface area contributed by atoms with Gasteiger partial charge in [-0.1, -0.05) is 43.7 Å². The first-order valence-corrected chi connectivity index (χ1v) is 6.90. The Kier molecular flexibility index (Phi) is 4.08. The average Bonchev–Trinajstić information content (AvgIpc) is 2.96. The monoisotopic (exact) mass is 268 g/mol. The number of fused-ring (bicyclic) bond motifs is 1. The van der Waals surface area contributed by atoms with Crippen molar-refractivity contribution >= 4 is 10.9 Å². The van der Waals surface area contributed by atoms with Gasteiger partial charge < -0.3 is 9.55 Å². The van der Waals surface area contributed by atoms with Crippen LogP contribution in [0.3, 0.4) is 0 Å². The van der Waals surface area contributed by atoms with Crippen LogP contribution in [0.2, 0.25) is 0 Å². The maximum absolute atomic E-state index is 12.0. The summed E-state index contributed by atoms with van der Waals surface area (Å²) in [6, 6.07) is 10.3. The largest absolute Gasteiger partial charge is 0.357 e. The molecule has 0 aliphatic rings. The van der Waals surface area contributed by atoms with Gasteiger partial charge in [0.25, 0.3) is 5.56 Å². The van der Waals surface area contributed by atoms with Gasteiger partial charge in [0.1, 0.15) is 5.52 Å². The zero-order chi connectivity index (χ0) is 14.7. The summed E-state index contributed by atoms with van der Waals surface area (Å²) in [5, 5.41) is 0.974. The summed E-state index contributed by atoms with van der Waals surface area (Å²) in [5.41, 5.74) is 4.10.